The summed E-state index contributed by atoms with van der Waals surface area (Å²) in [7, 11) is -2.18. The number of benzene rings is 1. The number of sulfonamides is 1. The van der Waals surface area contributed by atoms with Crippen LogP contribution in [0.25, 0.3) is 0 Å². The largest absolute Gasteiger partial charge is 0.495 e. The van der Waals surface area contributed by atoms with Crippen LogP contribution < -0.4 is 20.9 Å². The van der Waals surface area contributed by atoms with E-state index in [0.717, 1.165) is 19.3 Å². The molecule has 0 saturated heterocycles. The Hall–Kier alpha value is -1.31. The second-order valence-corrected chi connectivity index (χ2v) is 6.65. The lowest BCUT2D eigenvalue weighted by molar-refractivity contribution is 0.414. The zero-order chi connectivity index (χ0) is 14.8. The summed E-state index contributed by atoms with van der Waals surface area (Å²) in [5.74, 6) is 0.998. The average Bonchev–Trinajstić information content (AvgIpc) is 2.85. The molecule has 0 bridgehead atoms. The third kappa shape index (κ3) is 3.23. The van der Waals surface area contributed by atoms with Crippen molar-refractivity contribution in [1.29, 1.82) is 0 Å². The number of nitrogens with two attached hydrogens (primary N) is 2. The maximum absolute atomic E-state index is 11.4. The molecule has 1 aromatic rings. The Kier molecular flexibility index (Phi) is 4.52. The van der Waals surface area contributed by atoms with Crippen molar-refractivity contribution in [1.82, 2.24) is 0 Å². The number of hydrogen-bond donors (Lipinski definition) is 3. The summed E-state index contributed by atoms with van der Waals surface area (Å²) in [5.41, 5.74) is 6.40. The second kappa shape index (κ2) is 5.99. The number of ether oxygens (including phenoxy) is 1. The van der Waals surface area contributed by atoms with Crippen LogP contribution >= 0.6 is 0 Å². The van der Waals surface area contributed by atoms with E-state index in [0.29, 0.717) is 23.9 Å². The van der Waals surface area contributed by atoms with Crippen LogP contribution in [0.5, 0.6) is 5.75 Å². The molecule has 2 rings (SSSR count). The van der Waals surface area contributed by atoms with Crippen LogP contribution in [-0.2, 0) is 10.0 Å². The molecule has 20 heavy (non-hydrogen) atoms. The molecule has 2 unspecified atom stereocenters. The van der Waals surface area contributed by atoms with Crippen LogP contribution in [0.4, 0.5) is 5.69 Å². The summed E-state index contributed by atoms with van der Waals surface area (Å²) in [6.45, 7) is 0.620. The van der Waals surface area contributed by atoms with Gasteiger partial charge >= 0.3 is 0 Å². The molecule has 1 fully saturated rings. The van der Waals surface area contributed by atoms with E-state index in [9.17, 15) is 8.42 Å². The monoisotopic (exact) mass is 299 g/mol. The molecule has 112 valence electrons. The van der Waals surface area contributed by atoms with E-state index in [-0.39, 0.29) is 10.9 Å². The van der Waals surface area contributed by atoms with Gasteiger partial charge in [-0.25, -0.2) is 13.6 Å². The van der Waals surface area contributed by atoms with Gasteiger partial charge in [-0.15, -0.1) is 0 Å². The minimum atomic E-state index is -3.72. The van der Waals surface area contributed by atoms with Crippen molar-refractivity contribution in [2.75, 3.05) is 19.0 Å². The summed E-state index contributed by atoms with van der Waals surface area (Å²) < 4.78 is 28.1. The molecule has 5 N–H and O–H groups in total. The Bertz CT molecular complexity index is 574. The van der Waals surface area contributed by atoms with Crippen molar-refractivity contribution in [3.63, 3.8) is 0 Å². The first-order chi connectivity index (χ1) is 9.45. The van der Waals surface area contributed by atoms with Gasteiger partial charge in [0.2, 0.25) is 10.0 Å². The average molecular weight is 299 g/mol. The molecule has 2 atom stereocenters. The molecule has 0 heterocycles. The first-order valence-corrected chi connectivity index (χ1v) is 8.17. The molecule has 1 saturated carbocycles. The number of primary sulfonamides is 1. The maximum Gasteiger partial charge on any atom is 0.238 e. The van der Waals surface area contributed by atoms with Crippen LogP contribution in [-0.4, -0.2) is 28.1 Å². The molecular formula is C13H21N3O3S. The normalized spacial score (nSPS) is 22.8. The van der Waals surface area contributed by atoms with Gasteiger partial charge in [-0.3, -0.25) is 0 Å². The van der Waals surface area contributed by atoms with Gasteiger partial charge in [-0.2, -0.15) is 0 Å². The number of nitrogens with one attached hydrogen (secondary N) is 1. The molecule has 0 radical (unpaired) electrons. The van der Waals surface area contributed by atoms with Gasteiger partial charge in [0, 0.05) is 6.04 Å². The predicted octanol–water partition coefficient (Wildman–Crippen LogP) is 0.882. The summed E-state index contributed by atoms with van der Waals surface area (Å²) in [4.78, 5) is 0.0723. The molecule has 0 amide bonds. The van der Waals surface area contributed by atoms with Gasteiger partial charge in [0.05, 0.1) is 17.7 Å². The summed E-state index contributed by atoms with van der Waals surface area (Å²) >= 11 is 0. The third-order valence-electron chi connectivity index (χ3n) is 3.80. The molecule has 7 heteroatoms. The summed E-state index contributed by atoms with van der Waals surface area (Å²) in [5, 5.41) is 8.51. The SMILES string of the molecule is COc1ccc(S(N)(=O)=O)cc1NC1CCCC1CN. The molecule has 1 aromatic carbocycles. The van der Waals surface area contributed by atoms with Crippen LogP contribution in [0, 0.1) is 5.92 Å². The highest BCUT2D eigenvalue weighted by molar-refractivity contribution is 7.89. The van der Waals surface area contributed by atoms with Gasteiger partial charge in [-0.05, 0) is 43.5 Å². The highest BCUT2D eigenvalue weighted by Gasteiger charge is 2.27. The van der Waals surface area contributed by atoms with Gasteiger partial charge in [0.15, 0.2) is 0 Å². The van der Waals surface area contributed by atoms with Gasteiger partial charge in [-0.1, -0.05) is 6.42 Å². The van der Waals surface area contributed by atoms with E-state index in [4.69, 9.17) is 15.6 Å². The number of methoxy groups -OCH3 is 1. The summed E-state index contributed by atoms with van der Waals surface area (Å²) in [6.07, 6.45) is 3.23. The fraction of sp³-hybridized carbons (Fsp3) is 0.538. The Balaban J connectivity index is 2.29. The van der Waals surface area contributed by atoms with Crippen molar-refractivity contribution in [3.8, 4) is 5.75 Å². The second-order valence-electron chi connectivity index (χ2n) is 5.08. The van der Waals surface area contributed by atoms with E-state index >= 15 is 0 Å². The quantitative estimate of drug-likeness (QED) is 0.748. The lowest BCUT2D eigenvalue weighted by Crippen LogP contribution is -2.29. The van der Waals surface area contributed by atoms with E-state index in [1.807, 2.05) is 0 Å². The molecule has 0 aromatic heterocycles. The Morgan fingerprint density at radius 2 is 2.15 bits per heavy atom. The predicted molar refractivity (Wildman–Crippen MR) is 78.2 cm³/mol. The molecule has 1 aliphatic carbocycles. The lowest BCUT2D eigenvalue weighted by atomic mass is 10.0. The van der Waals surface area contributed by atoms with E-state index in [2.05, 4.69) is 5.32 Å². The molecule has 0 aliphatic heterocycles. The Morgan fingerprint density at radius 1 is 1.40 bits per heavy atom. The van der Waals surface area contributed by atoms with E-state index < -0.39 is 10.0 Å². The lowest BCUT2D eigenvalue weighted by Gasteiger charge is -2.22. The molecule has 1 aliphatic rings. The van der Waals surface area contributed by atoms with Gasteiger partial charge < -0.3 is 15.8 Å². The van der Waals surface area contributed by atoms with Crippen molar-refractivity contribution < 1.29 is 13.2 Å². The van der Waals surface area contributed by atoms with Crippen molar-refractivity contribution >= 4 is 15.7 Å². The molecular weight excluding hydrogens is 278 g/mol. The smallest absolute Gasteiger partial charge is 0.238 e. The topological polar surface area (TPSA) is 107 Å². The number of rotatable bonds is 5. The number of anilines is 1. The fourth-order valence-corrected chi connectivity index (χ4v) is 3.23. The van der Waals surface area contributed by atoms with Crippen LogP contribution in [0.3, 0.4) is 0 Å². The van der Waals surface area contributed by atoms with Gasteiger partial charge in [0.1, 0.15) is 5.75 Å². The molecule has 0 spiro atoms. The van der Waals surface area contributed by atoms with E-state index in [1.165, 1.54) is 12.1 Å². The highest BCUT2D eigenvalue weighted by Crippen LogP contribution is 2.33. The minimum absolute atomic E-state index is 0.0723. The Labute approximate surface area is 119 Å². The van der Waals surface area contributed by atoms with Crippen molar-refractivity contribution in [2.24, 2.45) is 16.8 Å². The highest BCUT2D eigenvalue weighted by atomic mass is 32.2. The number of hydrogen-bond acceptors (Lipinski definition) is 5. The first kappa shape index (κ1) is 15.1. The summed E-state index contributed by atoms with van der Waals surface area (Å²) in [6, 6.07) is 4.80. The Morgan fingerprint density at radius 3 is 2.75 bits per heavy atom. The van der Waals surface area contributed by atoms with Crippen LogP contribution in [0.15, 0.2) is 23.1 Å². The minimum Gasteiger partial charge on any atom is -0.495 e. The maximum atomic E-state index is 11.4. The first-order valence-electron chi connectivity index (χ1n) is 6.63. The zero-order valence-corrected chi connectivity index (χ0v) is 12.3. The van der Waals surface area contributed by atoms with Crippen molar-refractivity contribution in [2.45, 2.75) is 30.2 Å². The van der Waals surface area contributed by atoms with Gasteiger partial charge in [0.25, 0.3) is 0 Å². The van der Waals surface area contributed by atoms with Crippen molar-refractivity contribution in [3.05, 3.63) is 18.2 Å². The third-order valence-corrected chi connectivity index (χ3v) is 4.71. The standard InChI is InChI=1S/C13H21N3O3S/c1-19-13-6-5-10(20(15,17)18)7-12(13)16-11-4-2-3-9(11)8-14/h5-7,9,11,16H,2-4,8,14H2,1H3,(H2,15,17,18). The van der Waals surface area contributed by atoms with Crippen LogP contribution in [0.1, 0.15) is 19.3 Å². The fourth-order valence-electron chi connectivity index (χ4n) is 2.69. The van der Waals surface area contributed by atoms with E-state index in [1.54, 1.807) is 13.2 Å². The molecule has 6 nitrogen and oxygen atoms in total. The zero-order valence-electron chi connectivity index (χ0n) is 11.5. The van der Waals surface area contributed by atoms with Crippen LogP contribution in [0.2, 0.25) is 0 Å².